The zero-order valence-electron chi connectivity index (χ0n) is 15.3. The van der Waals surface area contributed by atoms with Gasteiger partial charge in [0.25, 0.3) is 0 Å². The van der Waals surface area contributed by atoms with Crippen LogP contribution in [-0.4, -0.2) is 23.8 Å². The molecule has 3 aromatic carbocycles. The Balaban J connectivity index is 1.59. The van der Waals surface area contributed by atoms with E-state index in [0.717, 1.165) is 22.6 Å². The van der Waals surface area contributed by atoms with E-state index in [0.29, 0.717) is 23.0 Å². The van der Waals surface area contributed by atoms with Gasteiger partial charge >= 0.3 is 0 Å². The Hall–Kier alpha value is -2.24. The fourth-order valence-electron chi connectivity index (χ4n) is 2.85. The Morgan fingerprint density at radius 2 is 1.68 bits per heavy atom. The predicted octanol–water partition coefficient (Wildman–Crippen LogP) is 5.08. The first-order valence-corrected chi connectivity index (χ1v) is 9.80. The van der Waals surface area contributed by atoms with Gasteiger partial charge in [0.05, 0.1) is 16.8 Å². The van der Waals surface area contributed by atoms with Crippen molar-refractivity contribution in [3.8, 4) is 0 Å². The third-order valence-corrected chi connectivity index (χ3v) is 4.96. The normalized spacial score (nSPS) is 13.0. The number of aliphatic hydroxyl groups excluding tert-OH is 1. The Morgan fingerprint density at radius 3 is 2.43 bits per heavy atom. The lowest BCUT2D eigenvalue weighted by molar-refractivity contribution is 0.156. The highest BCUT2D eigenvalue weighted by Crippen LogP contribution is 2.29. The van der Waals surface area contributed by atoms with Crippen molar-refractivity contribution < 1.29 is 5.11 Å². The molecule has 0 amide bonds. The zero-order valence-corrected chi connectivity index (χ0v) is 16.8. The van der Waals surface area contributed by atoms with Crippen LogP contribution in [0.5, 0.6) is 0 Å². The molecule has 0 heterocycles. The minimum atomic E-state index is -0.680. The maximum absolute atomic E-state index is 10.4. The topological polar surface area (TPSA) is 70.3 Å². The quantitative estimate of drug-likeness (QED) is 0.413. The van der Waals surface area contributed by atoms with Crippen molar-refractivity contribution in [2.75, 3.05) is 17.2 Å². The number of hydrogen-bond acceptors (Lipinski definition) is 4. The van der Waals surface area contributed by atoms with Crippen molar-refractivity contribution in [2.45, 2.75) is 18.6 Å². The number of aliphatic hydroxyl groups is 1. The summed E-state index contributed by atoms with van der Waals surface area (Å²) >= 11 is 12.3. The molecule has 3 rings (SSSR count). The number of nitrogens with one attached hydrogen (secondary N) is 2. The number of anilines is 3. The summed E-state index contributed by atoms with van der Waals surface area (Å²) in [7, 11) is 0. The van der Waals surface area contributed by atoms with Crippen molar-refractivity contribution in [3.05, 3.63) is 88.4 Å². The minimum Gasteiger partial charge on any atom is -0.390 e. The highest BCUT2D eigenvalue weighted by Gasteiger charge is 2.15. The molecule has 0 aromatic heterocycles. The van der Waals surface area contributed by atoms with Crippen molar-refractivity contribution in [3.63, 3.8) is 0 Å². The van der Waals surface area contributed by atoms with Crippen LogP contribution in [0.15, 0.2) is 72.8 Å². The lowest BCUT2D eigenvalue weighted by atomic mass is 10.0. The molecule has 0 fully saturated rings. The molecule has 6 heteroatoms. The Morgan fingerprint density at radius 1 is 0.893 bits per heavy atom. The molecular weight excluding hydrogens is 393 g/mol. The van der Waals surface area contributed by atoms with Gasteiger partial charge in [-0.2, -0.15) is 0 Å². The van der Waals surface area contributed by atoms with Crippen LogP contribution in [0.1, 0.15) is 5.56 Å². The van der Waals surface area contributed by atoms with Gasteiger partial charge in [0.2, 0.25) is 0 Å². The van der Waals surface area contributed by atoms with Crippen LogP contribution in [0, 0.1) is 0 Å². The summed E-state index contributed by atoms with van der Waals surface area (Å²) in [6, 6.07) is 22.5. The van der Waals surface area contributed by atoms with E-state index in [9.17, 15) is 5.11 Å². The van der Waals surface area contributed by atoms with Gasteiger partial charge in [0, 0.05) is 29.0 Å². The van der Waals surface area contributed by atoms with E-state index < -0.39 is 6.10 Å². The van der Waals surface area contributed by atoms with Crippen molar-refractivity contribution in [1.29, 1.82) is 0 Å². The maximum atomic E-state index is 10.4. The molecule has 28 heavy (non-hydrogen) atoms. The van der Waals surface area contributed by atoms with Gasteiger partial charge in [-0.05, 0) is 48.4 Å². The fraction of sp³-hybridized carbons (Fsp3) is 0.182. The second kappa shape index (κ2) is 9.80. The first kappa shape index (κ1) is 20.5. The molecular formula is C22H23Cl2N3O. The zero-order chi connectivity index (χ0) is 19.9. The second-order valence-corrected chi connectivity index (χ2v) is 7.48. The molecule has 0 aliphatic heterocycles. The van der Waals surface area contributed by atoms with Gasteiger partial charge in [-0.1, -0.05) is 59.6 Å². The molecule has 0 saturated heterocycles. The Labute approximate surface area is 175 Å². The summed E-state index contributed by atoms with van der Waals surface area (Å²) in [5.41, 5.74) is 9.68. The molecule has 0 radical (unpaired) electrons. The smallest absolute Gasteiger partial charge is 0.0866 e. The van der Waals surface area contributed by atoms with Crippen LogP contribution < -0.4 is 16.4 Å². The number of hydrogen-bond donors (Lipinski definition) is 4. The van der Waals surface area contributed by atoms with E-state index in [1.807, 2.05) is 66.7 Å². The van der Waals surface area contributed by atoms with E-state index in [1.54, 1.807) is 6.07 Å². The van der Waals surface area contributed by atoms with Crippen LogP contribution in [0.25, 0.3) is 0 Å². The summed E-state index contributed by atoms with van der Waals surface area (Å²) in [6.07, 6.45) is -0.0634. The van der Waals surface area contributed by atoms with E-state index in [-0.39, 0.29) is 6.04 Å². The van der Waals surface area contributed by atoms with Gasteiger partial charge in [0.1, 0.15) is 0 Å². The standard InChI is InChI=1S/C22H23Cl2N3O/c23-16-7-4-8-18(12-16)27-21-13-17(9-10-19(21)24)26-14-22(28)20(25)11-15-5-2-1-3-6-15/h1-10,12-13,20,22,26-28H,11,14,25H2/t20-,22+/m0/s1. The highest BCUT2D eigenvalue weighted by molar-refractivity contribution is 6.33. The molecule has 5 N–H and O–H groups in total. The molecule has 2 atom stereocenters. The summed E-state index contributed by atoms with van der Waals surface area (Å²) in [4.78, 5) is 0. The van der Waals surface area contributed by atoms with E-state index >= 15 is 0 Å². The molecule has 3 aromatic rings. The lowest BCUT2D eigenvalue weighted by Crippen LogP contribution is -2.41. The first-order chi connectivity index (χ1) is 13.5. The summed E-state index contributed by atoms with van der Waals surface area (Å²) in [5, 5.41) is 18.1. The molecule has 0 saturated carbocycles. The van der Waals surface area contributed by atoms with Crippen LogP contribution in [0.3, 0.4) is 0 Å². The first-order valence-electron chi connectivity index (χ1n) is 9.05. The molecule has 0 spiro atoms. The largest absolute Gasteiger partial charge is 0.390 e. The lowest BCUT2D eigenvalue weighted by Gasteiger charge is -2.20. The van der Waals surface area contributed by atoms with Crippen molar-refractivity contribution in [1.82, 2.24) is 0 Å². The van der Waals surface area contributed by atoms with Gasteiger partial charge in [-0.15, -0.1) is 0 Å². The fourth-order valence-corrected chi connectivity index (χ4v) is 3.20. The van der Waals surface area contributed by atoms with Gasteiger partial charge in [0.15, 0.2) is 0 Å². The highest BCUT2D eigenvalue weighted by atomic mass is 35.5. The van der Waals surface area contributed by atoms with Crippen LogP contribution >= 0.6 is 23.2 Å². The average Bonchev–Trinajstić information content (AvgIpc) is 2.69. The third kappa shape index (κ3) is 5.88. The minimum absolute atomic E-state index is 0.340. The molecule has 0 bridgehead atoms. The van der Waals surface area contributed by atoms with Crippen LogP contribution in [0.4, 0.5) is 17.1 Å². The van der Waals surface area contributed by atoms with Crippen molar-refractivity contribution in [2.24, 2.45) is 5.73 Å². The van der Waals surface area contributed by atoms with Crippen LogP contribution in [0.2, 0.25) is 10.0 Å². The van der Waals surface area contributed by atoms with Crippen molar-refractivity contribution >= 4 is 40.3 Å². The van der Waals surface area contributed by atoms with E-state index in [2.05, 4.69) is 10.6 Å². The average molecular weight is 416 g/mol. The number of halogens is 2. The Bertz CT molecular complexity index is 905. The van der Waals surface area contributed by atoms with E-state index in [1.165, 1.54) is 0 Å². The monoisotopic (exact) mass is 415 g/mol. The number of rotatable bonds is 8. The molecule has 146 valence electrons. The molecule has 0 unspecified atom stereocenters. The molecule has 0 aliphatic rings. The van der Waals surface area contributed by atoms with Gasteiger partial charge in [-0.3, -0.25) is 0 Å². The summed E-state index contributed by atoms with van der Waals surface area (Å²) in [5.74, 6) is 0. The Kier molecular flexibility index (Phi) is 7.18. The summed E-state index contributed by atoms with van der Waals surface area (Å²) < 4.78 is 0. The van der Waals surface area contributed by atoms with Crippen LogP contribution in [-0.2, 0) is 6.42 Å². The third-order valence-electron chi connectivity index (χ3n) is 4.39. The predicted molar refractivity (Wildman–Crippen MR) is 119 cm³/mol. The van der Waals surface area contributed by atoms with Gasteiger partial charge < -0.3 is 21.5 Å². The molecule has 4 nitrogen and oxygen atoms in total. The number of benzene rings is 3. The number of nitrogens with two attached hydrogens (primary N) is 1. The van der Waals surface area contributed by atoms with Gasteiger partial charge in [-0.25, -0.2) is 0 Å². The SMILES string of the molecule is N[C@@H](Cc1ccccc1)[C@H](O)CNc1ccc(Cl)c(Nc2cccc(Cl)c2)c1. The second-order valence-electron chi connectivity index (χ2n) is 6.63. The molecule has 0 aliphatic carbocycles. The maximum Gasteiger partial charge on any atom is 0.0866 e. The summed E-state index contributed by atoms with van der Waals surface area (Å²) in [6.45, 7) is 0.340. The van der Waals surface area contributed by atoms with E-state index in [4.69, 9.17) is 28.9 Å².